The maximum absolute atomic E-state index is 13.2. The average Bonchev–Trinajstić information content (AvgIpc) is 2.97. The quantitative estimate of drug-likeness (QED) is 0.864. The van der Waals surface area contributed by atoms with Crippen molar-refractivity contribution in [2.24, 2.45) is 0 Å². The van der Waals surface area contributed by atoms with E-state index in [4.69, 9.17) is 0 Å². The number of carbonyl (C=O) groups is 1. The van der Waals surface area contributed by atoms with Crippen molar-refractivity contribution in [3.05, 3.63) is 47.8 Å². The van der Waals surface area contributed by atoms with Gasteiger partial charge < -0.3 is 10.2 Å². The molecule has 1 aromatic carbocycles. The predicted molar refractivity (Wildman–Crippen MR) is 91.8 cm³/mol. The van der Waals surface area contributed by atoms with Gasteiger partial charge in [-0.3, -0.25) is 4.79 Å². The summed E-state index contributed by atoms with van der Waals surface area (Å²) in [6, 6.07) is 2.81. The lowest BCUT2D eigenvalue weighted by atomic mass is 10.2. The third kappa shape index (κ3) is 3.96. The fourth-order valence-corrected chi connectivity index (χ4v) is 4.42. The predicted octanol–water partition coefficient (Wildman–Crippen LogP) is 1.63. The van der Waals surface area contributed by atoms with Gasteiger partial charge in [-0.25, -0.2) is 27.2 Å². The molecule has 1 aliphatic rings. The van der Waals surface area contributed by atoms with Gasteiger partial charge in [-0.05, 0) is 18.6 Å². The van der Waals surface area contributed by atoms with Crippen molar-refractivity contribution in [3.63, 3.8) is 0 Å². The van der Waals surface area contributed by atoms with Gasteiger partial charge in [0.05, 0.1) is 17.1 Å². The third-order valence-corrected chi connectivity index (χ3v) is 5.90. The van der Waals surface area contributed by atoms with E-state index in [1.807, 2.05) is 0 Å². The smallest absolute Gasteiger partial charge is 0.258 e. The SMILES string of the molecule is CN(c1ncc(C(=O)Nc2ccc(F)c(F)c2)cn1)C1CCS(=O)(=O)C1. The molecule has 10 heteroatoms. The second-order valence-electron chi connectivity index (χ2n) is 6.02. The molecule has 2 heterocycles. The Hall–Kier alpha value is -2.62. The Labute approximate surface area is 149 Å². The molecule has 1 saturated heterocycles. The van der Waals surface area contributed by atoms with Gasteiger partial charge in [-0.2, -0.15) is 0 Å². The van der Waals surface area contributed by atoms with Crippen molar-refractivity contribution in [2.75, 3.05) is 28.8 Å². The zero-order chi connectivity index (χ0) is 18.9. The molecule has 0 saturated carbocycles. The van der Waals surface area contributed by atoms with Crippen LogP contribution in [0.5, 0.6) is 0 Å². The molecule has 1 fully saturated rings. The van der Waals surface area contributed by atoms with Crippen LogP contribution >= 0.6 is 0 Å². The zero-order valence-electron chi connectivity index (χ0n) is 13.8. The number of halogens is 2. The van der Waals surface area contributed by atoms with Crippen molar-refractivity contribution in [3.8, 4) is 0 Å². The standard InChI is InChI=1S/C16H16F2N4O3S/c1-22(12-4-5-26(24,25)9-12)16-19-7-10(8-20-16)15(23)21-11-2-3-13(17)14(18)6-11/h2-3,6-8,12H,4-5,9H2,1H3,(H,21,23). The lowest BCUT2D eigenvalue weighted by molar-refractivity contribution is 0.102. The van der Waals surface area contributed by atoms with E-state index in [1.165, 1.54) is 18.5 Å². The number of rotatable bonds is 4. The monoisotopic (exact) mass is 382 g/mol. The summed E-state index contributed by atoms with van der Waals surface area (Å²) in [5.74, 6) is -2.16. The van der Waals surface area contributed by atoms with Gasteiger partial charge in [0, 0.05) is 37.2 Å². The van der Waals surface area contributed by atoms with Crippen LogP contribution in [-0.2, 0) is 9.84 Å². The van der Waals surface area contributed by atoms with Crippen molar-refractivity contribution < 1.29 is 22.0 Å². The number of hydrogen-bond donors (Lipinski definition) is 1. The number of anilines is 2. The number of carbonyl (C=O) groups excluding carboxylic acids is 1. The molecule has 3 rings (SSSR count). The molecule has 0 bridgehead atoms. The minimum atomic E-state index is -3.03. The van der Waals surface area contributed by atoms with Crippen LogP contribution in [0.15, 0.2) is 30.6 Å². The van der Waals surface area contributed by atoms with E-state index in [9.17, 15) is 22.0 Å². The van der Waals surface area contributed by atoms with E-state index < -0.39 is 27.4 Å². The molecule has 2 aromatic rings. The second-order valence-corrected chi connectivity index (χ2v) is 8.25. The Morgan fingerprint density at radius 2 is 1.92 bits per heavy atom. The highest BCUT2D eigenvalue weighted by Gasteiger charge is 2.31. The Balaban J connectivity index is 1.68. The van der Waals surface area contributed by atoms with E-state index in [0.29, 0.717) is 12.4 Å². The van der Waals surface area contributed by atoms with Crippen LogP contribution in [0.4, 0.5) is 20.4 Å². The molecule has 1 atom stereocenters. The topological polar surface area (TPSA) is 92.3 Å². The molecule has 7 nitrogen and oxygen atoms in total. The summed E-state index contributed by atoms with van der Waals surface area (Å²) in [6.45, 7) is 0. The zero-order valence-corrected chi connectivity index (χ0v) is 14.6. The maximum Gasteiger partial charge on any atom is 0.258 e. The first kappa shape index (κ1) is 18.2. The summed E-state index contributed by atoms with van der Waals surface area (Å²) >= 11 is 0. The van der Waals surface area contributed by atoms with Gasteiger partial charge in [0.15, 0.2) is 21.5 Å². The Morgan fingerprint density at radius 3 is 2.50 bits per heavy atom. The fourth-order valence-electron chi connectivity index (χ4n) is 2.64. The summed E-state index contributed by atoms with van der Waals surface area (Å²) in [5.41, 5.74) is 0.234. The van der Waals surface area contributed by atoms with E-state index in [-0.39, 0.29) is 28.8 Å². The number of benzene rings is 1. The molecule has 0 radical (unpaired) electrons. The normalized spacial score (nSPS) is 18.5. The highest BCUT2D eigenvalue weighted by atomic mass is 32.2. The molecule has 1 N–H and O–H groups in total. The Bertz CT molecular complexity index is 935. The first-order valence-corrected chi connectivity index (χ1v) is 9.59. The van der Waals surface area contributed by atoms with E-state index in [2.05, 4.69) is 15.3 Å². The number of nitrogens with one attached hydrogen (secondary N) is 1. The molecular formula is C16H16F2N4O3S. The summed E-state index contributed by atoms with van der Waals surface area (Å²) in [5, 5.41) is 2.42. The van der Waals surface area contributed by atoms with Crippen molar-refractivity contribution >= 4 is 27.4 Å². The molecule has 1 aromatic heterocycles. The van der Waals surface area contributed by atoms with Crippen molar-refractivity contribution in [1.29, 1.82) is 0 Å². The first-order valence-electron chi connectivity index (χ1n) is 7.77. The molecule has 0 aliphatic carbocycles. The molecule has 0 spiro atoms. The molecule has 138 valence electrons. The summed E-state index contributed by atoms with van der Waals surface area (Å²) in [4.78, 5) is 22.0. The minimum Gasteiger partial charge on any atom is -0.340 e. The highest BCUT2D eigenvalue weighted by molar-refractivity contribution is 7.91. The summed E-state index contributed by atoms with van der Waals surface area (Å²) in [6.07, 6.45) is 3.08. The fraction of sp³-hybridized carbons (Fsp3) is 0.312. The first-order chi connectivity index (χ1) is 12.2. The number of sulfone groups is 1. The van der Waals surface area contributed by atoms with Crippen LogP contribution < -0.4 is 10.2 Å². The highest BCUT2D eigenvalue weighted by Crippen LogP contribution is 2.20. The van der Waals surface area contributed by atoms with Crippen LogP contribution in [0.1, 0.15) is 16.8 Å². The van der Waals surface area contributed by atoms with Gasteiger partial charge in [-0.1, -0.05) is 0 Å². The largest absolute Gasteiger partial charge is 0.340 e. The minimum absolute atomic E-state index is 0.0469. The third-order valence-electron chi connectivity index (χ3n) is 4.15. The van der Waals surface area contributed by atoms with Crippen LogP contribution in [0, 0.1) is 11.6 Å². The van der Waals surface area contributed by atoms with Crippen LogP contribution in [0.2, 0.25) is 0 Å². The molecule has 1 unspecified atom stereocenters. The summed E-state index contributed by atoms with van der Waals surface area (Å²) < 4.78 is 49.2. The van der Waals surface area contributed by atoms with Crippen LogP contribution in [0.25, 0.3) is 0 Å². The number of amides is 1. The molecule has 1 aliphatic heterocycles. The van der Waals surface area contributed by atoms with E-state index >= 15 is 0 Å². The second kappa shape index (κ2) is 6.94. The average molecular weight is 382 g/mol. The van der Waals surface area contributed by atoms with E-state index in [1.54, 1.807) is 11.9 Å². The molecule has 26 heavy (non-hydrogen) atoms. The van der Waals surface area contributed by atoms with Gasteiger partial charge in [0.1, 0.15) is 0 Å². The Morgan fingerprint density at radius 1 is 1.23 bits per heavy atom. The lowest BCUT2D eigenvalue weighted by Crippen LogP contribution is -2.34. The van der Waals surface area contributed by atoms with Crippen LogP contribution in [-0.4, -0.2) is 48.9 Å². The van der Waals surface area contributed by atoms with Gasteiger partial charge >= 0.3 is 0 Å². The maximum atomic E-state index is 13.2. The molecular weight excluding hydrogens is 366 g/mol. The lowest BCUT2D eigenvalue weighted by Gasteiger charge is -2.23. The van der Waals surface area contributed by atoms with Crippen molar-refractivity contribution in [1.82, 2.24) is 9.97 Å². The molecule has 1 amide bonds. The van der Waals surface area contributed by atoms with Crippen LogP contribution in [0.3, 0.4) is 0 Å². The summed E-state index contributed by atoms with van der Waals surface area (Å²) in [7, 11) is -1.33. The van der Waals surface area contributed by atoms with Crippen molar-refractivity contribution in [2.45, 2.75) is 12.5 Å². The van der Waals surface area contributed by atoms with E-state index in [0.717, 1.165) is 12.1 Å². The number of nitrogens with zero attached hydrogens (tertiary/aromatic N) is 3. The van der Waals surface area contributed by atoms with Gasteiger partial charge in [0.25, 0.3) is 5.91 Å². The number of aromatic nitrogens is 2. The Kier molecular flexibility index (Phi) is 4.86. The van der Waals surface area contributed by atoms with Gasteiger partial charge in [0.2, 0.25) is 5.95 Å². The number of hydrogen-bond acceptors (Lipinski definition) is 6. The van der Waals surface area contributed by atoms with Gasteiger partial charge in [-0.15, -0.1) is 0 Å².